The fraction of sp³-hybridized carbons (Fsp3) is 0.533. The van der Waals surface area contributed by atoms with E-state index in [1.54, 1.807) is 6.07 Å². The zero-order valence-corrected chi connectivity index (χ0v) is 13.2. The maximum Gasteiger partial charge on any atom is 0.178 e. The van der Waals surface area contributed by atoms with Gasteiger partial charge < -0.3 is 14.3 Å². The van der Waals surface area contributed by atoms with Crippen molar-refractivity contribution in [1.29, 1.82) is 0 Å². The first-order valence-electron chi connectivity index (χ1n) is 7.01. The van der Waals surface area contributed by atoms with Crippen LogP contribution in [0.5, 0.6) is 5.75 Å². The predicted octanol–water partition coefficient (Wildman–Crippen LogP) is 4.84. The summed E-state index contributed by atoms with van der Waals surface area (Å²) in [6, 6.07) is 3.43. The minimum atomic E-state index is -0.376. The minimum Gasteiger partial charge on any atom is -0.494 e. The zero-order chi connectivity index (χ0) is 14.9. The van der Waals surface area contributed by atoms with Crippen LogP contribution in [0.4, 0.5) is 4.39 Å². The summed E-state index contributed by atoms with van der Waals surface area (Å²) in [5, 5.41) is 0. The molecule has 1 atom stereocenters. The van der Waals surface area contributed by atoms with Crippen molar-refractivity contribution in [2.24, 2.45) is 5.92 Å². The van der Waals surface area contributed by atoms with Gasteiger partial charge in [0.05, 0.1) is 18.1 Å². The number of hydrogen-bond donors (Lipinski definition) is 1. The molecule has 1 N–H and O–H groups in total. The number of H-pyrrole nitrogens is 1. The molecule has 2 rings (SSSR count). The second kappa shape index (κ2) is 5.95. The Hall–Kier alpha value is -1.36. The maximum atomic E-state index is 13.8. The first-order chi connectivity index (χ1) is 9.53. The highest BCUT2D eigenvalue weighted by Gasteiger charge is 2.19. The molecular formula is C15H21FN2OS. The largest absolute Gasteiger partial charge is 0.494 e. The van der Waals surface area contributed by atoms with E-state index in [1.165, 1.54) is 13.2 Å². The number of rotatable bonds is 5. The van der Waals surface area contributed by atoms with Crippen LogP contribution in [0.2, 0.25) is 0 Å². The Morgan fingerprint density at radius 1 is 1.35 bits per heavy atom. The lowest BCUT2D eigenvalue weighted by atomic mass is 9.95. The van der Waals surface area contributed by atoms with Crippen LogP contribution < -0.4 is 4.74 Å². The van der Waals surface area contributed by atoms with E-state index in [1.807, 2.05) is 0 Å². The lowest BCUT2D eigenvalue weighted by Gasteiger charge is -2.23. The Balaban J connectivity index is 2.63. The van der Waals surface area contributed by atoms with E-state index in [9.17, 15) is 4.39 Å². The third-order valence-electron chi connectivity index (χ3n) is 4.13. The third kappa shape index (κ3) is 2.46. The Labute approximate surface area is 123 Å². The van der Waals surface area contributed by atoms with Crippen LogP contribution in [0.1, 0.15) is 39.7 Å². The average molecular weight is 296 g/mol. The van der Waals surface area contributed by atoms with E-state index >= 15 is 0 Å². The molecule has 0 aliphatic rings. The molecule has 2 aromatic rings. The Kier molecular flexibility index (Phi) is 4.48. The van der Waals surface area contributed by atoms with Crippen LogP contribution in [0.15, 0.2) is 12.1 Å². The molecule has 0 spiro atoms. The van der Waals surface area contributed by atoms with Crippen LogP contribution in [0.3, 0.4) is 0 Å². The van der Waals surface area contributed by atoms with Crippen molar-refractivity contribution < 1.29 is 9.13 Å². The van der Waals surface area contributed by atoms with Crippen LogP contribution >= 0.6 is 12.2 Å². The van der Waals surface area contributed by atoms with Gasteiger partial charge in [0.25, 0.3) is 0 Å². The van der Waals surface area contributed by atoms with Crippen molar-refractivity contribution in [3.63, 3.8) is 0 Å². The number of nitrogens with zero attached hydrogens (tertiary/aromatic N) is 1. The van der Waals surface area contributed by atoms with Crippen molar-refractivity contribution in [2.45, 2.75) is 39.7 Å². The number of aromatic amines is 1. The summed E-state index contributed by atoms with van der Waals surface area (Å²) in [5.74, 6) is 0.410. The lowest BCUT2D eigenvalue weighted by Crippen LogP contribution is -2.15. The Bertz CT molecular complexity index is 658. The molecule has 0 saturated carbocycles. The number of nitrogens with one attached hydrogen (secondary N) is 1. The standard InChI is InChI=1S/C15H21FN2OS/c1-5-10(6-2)9(3)18-13-8-14(19-4)11(16)7-12(13)17-15(18)20/h7-10H,5-6H2,1-4H3,(H,17,20). The summed E-state index contributed by atoms with van der Waals surface area (Å²) in [5.41, 5.74) is 1.61. The fourth-order valence-corrected chi connectivity index (χ4v) is 3.24. The van der Waals surface area contributed by atoms with Crippen molar-refractivity contribution >= 4 is 23.3 Å². The van der Waals surface area contributed by atoms with Gasteiger partial charge in [-0.3, -0.25) is 0 Å². The normalized spacial score (nSPS) is 13.1. The van der Waals surface area contributed by atoms with Gasteiger partial charge in [-0.05, 0) is 25.1 Å². The van der Waals surface area contributed by atoms with Crippen LogP contribution in [-0.4, -0.2) is 16.7 Å². The minimum absolute atomic E-state index is 0.247. The molecule has 3 nitrogen and oxygen atoms in total. The molecule has 0 saturated heterocycles. The van der Waals surface area contributed by atoms with Gasteiger partial charge >= 0.3 is 0 Å². The smallest absolute Gasteiger partial charge is 0.178 e. The van der Waals surface area contributed by atoms with Crippen molar-refractivity contribution in [2.75, 3.05) is 7.11 Å². The SMILES string of the molecule is CCC(CC)C(C)n1c(=S)[nH]c2cc(F)c(OC)cc21. The topological polar surface area (TPSA) is 29.9 Å². The highest BCUT2D eigenvalue weighted by atomic mass is 32.1. The predicted molar refractivity (Wildman–Crippen MR) is 82.4 cm³/mol. The monoisotopic (exact) mass is 296 g/mol. The molecule has 1 aromatic heterocycles. The molecule has 0 aliphatic carbocycles. The molecule has 20 heavy (non-hydrogen) atoms. The van der Waals surface area contributed by atoms with Gasteiger partial charge in [0.2, 0.25) is 0 Å². The van der Waals surface area contributed by atoms with Gasteiger partial charge in [-0.25, -0.2) is 4.39 Å². The molecule has 0 aliphatic heterocycles. The molecule has 0 fully saturated rings. The molecule has 1 aromatic carbocycles. The van der Waals surface area contributed by atoms with E-state index in [0.717, 1.165) is 18.4 Å². The van der Waals surface area contributed by atoms with E-state index in [4.69, 9.17) is 17.0 Å². The molecule has 0 bridgehead atoms. The van der Waals surface area contributed by atoms with Gasteiger partial charge in [-0.2, -0.15) is 0 Å². The van der Waals surface area contributed by atoms with E-state index in [0.29, 0.717) is 16.2 Å². The highest BCUT2D eigenvalue weighted by Crippen LogP contribution is 2.31. The second-order valence-electron chi connectivity index (χ2n) is 5.12. The molecule has 1 heterocycles. The van der Waals surface area contributed by atoms with Gasteiger partial charge in [-0.1, -0.05) is 26.7 Å². The fourth-order valence-electron chi connectivity index (χ4n) is 2.87. The van der Waals surface area contributed by atoms with E-state index in [2.05, 4.69) is 30.3 Å². The molecule has 5 heteroatoms. The molecule has 0 radical (unpaired) electrons. The van der Waals surface area contributed by atoms with Crippen LogP contribution in [0.25, 0.3) is 11.0 Å². The average Bonchev–Trinajstić information content (AvgIpc) is 2.73. The molecule has 0 amide bonds. The summed E-state index contributed by atoms with van der Waals surface area (Å²) >= 11 is 5.41. The zero-order valence-electron chi connectivity index (χ0n) is 12.4. The summed E-state index contributed by atoms with van der Waals surface area (Å²) in [7, 11) is 1.47. The maximum absolute atomic E-state index is 13.8. The van der Waals surface area contributed by atoms with Gasteiger partial charge in [0, 0.05) is 18.2 Å². The summed E-state index contributed by atoms with van der Waals surface area (Å²) < 4.78 is 21.5. The van der Waals surface area contributed by atoms with Gasteiger partial charge in [-0.15, -0.1) is 0 Å². The van der Waals surface area contributed by atoms with Crippen molar-refractivity contribution in [1.82, 2.24) is 9.55 Å². The first kappa shape index (κ1) is 15.0. The first-order valence-corrected chi connectivity index (χ1v) is 7.42. The van der Waals surface area contributed by atoms with E-state index in [-0.39, 0.29) is 17.6 Å². The highest BCUT2D eigenvalue weighted by molar-refractivity contribution is 7.71. The lowest BCUT2D eigenvalue weighted by molar-refractivity contribution is 0.336. The number of benzene rings is 1. The number of aromatic nitrogens is 2. The van der Waals surface area contributed by atoms with Gasteiger partial charge in [0.1, 0.15) is 0 Å². The molecular weight excluding hydrogens is 275 g/mol. The number of fused-ring (bicyclic) bond motifs is 1. The third-order valence-corrected chi connectivity index (χ3v) is 4.43. The Morgan fingerprint density at radius 2 is 2.00 bits per heavy atom. The number of imidazole rings is 1. The Morgan fingerprint density at radius 3 is 2.55 bits per heavy atom. The summed E-state index contributed by atoms with van der Waals surface area (Å²) in [6.07, 6.45) is 2.18. The van der Waals surface area contributed by atoms with Crippen molar-refractivity contribution in [3.05, 3.63) is 22.7 Å². The van der Waals surface area contributed by atoms with Crippen molar-refractivity contribution in [3.8, 4) is 5.75 Å². The summed E-state index contributed by atoms with van der Waals surface area (Å²) in [4.78, 5) is 3.09. The number of hydrogen-bond acceptors (Lipinski definition) is 2. The summed E-state index contributed by atoms with van der Waals surface area (Å²) in [6.45, 7) is 6.53. The van der Waals surface area contributed by atoms with E-state index < -0.39 is 0 Å². The van der Waals surface area contributed by atoms with Gasteiger partial charge in [0.15, 0.2) is 16.3 Å². The number of halogens is 1. The molecule has 1 unspecified atom stereocenters. The number of methoxy groups -OCH3 is 1. The quantitative estimate of drug-likeness (QED) is 0.800. The second-order valence-corrected chi connectivity index (χ2v) is 5.51. The molecule has 110 valence electrons. The van der Waals surface area contributed by atoms with Crippen LogP contribution in [0, 0.1) is 16.5 Å². The van der Waals surface area contributed by atoms with Crippen LogP contribution in [-0.2, 0) is 0 Å². The number of ether oxygens (including phenoxy) is 1.